The normalized spacial score (nSPS) is 11.5. The number of rotatable bonds is 5. The fourth-order valence-electron chi connectivity index (χ4n) is 2.92. The molecule has 0 atom stereocenters. The first kappa shape index (κ1) is 16.0. The van der Waals surface area contributed by atoms with Crippen molar-refractivity contribution in [2.75, 3.05) is 5.32 Å². The lowest BCUT2D eigenvalue weighted by Crippen LogP contribution is -1.90. The van der Waals surface area contributed by atoms with Gasteiger partial charge in [-0.3, -0.25) is 0 Å². The minimum atomic E-state index is 0.826. The van der Waals surface area contributed by atoms with Gasteiger partial charge in [0.2, 0.25) is 0 Å². The van der Waals surface area contributed by atoms with Crippen LogP contribution in [0.5, 0.6) is 0 Å². The molecule has 0 bridgehead atoms. The Labute approximate surface area is 153 Å². The van der Waals surface area contributed by atoms with Crippen molar-refractivity contribution in [1.29, 1.82) is 0 Å². The Morgan fingerprint density at radius 3 is 2.23 bits per heavy atom. The largest absolute Gasteiger partial charge is 0.457 e. The Kier molecular flexibility index (Phi) is 4.40. The van der Waals surface area contributed by atoms with Crippen LogP contribution in [0.25, 0.3) is 22.6 Å². The Morgan fingerprint density at radius 2 is 1.50 bits per heavy atom. The minimum Gasteiger partial charge on any atom is -0.457 e. The number of allylic oxidation sites excluding steroid dienone is 2. The third-order valence-electron chi connectivity index (χ3n) is 4.24. The van der Waals surface area contributed by atoms with Crippen molar-refractivity contribution in [2.24, 2.45) is 0 Å². The van der Waals surface area contributed by atoms with Crippen LogP contribution in [0.15, 0.2) is 102 Å². The number of anilines is 2. The van der Waals surface area contributed by atoms with Gasteiger partial charge in [-0.1, -0.05) is 61.2 Å². The minimum absolute atomic E-state index is 0.826. The molecule has 1 aromatic heterocycles. The van der Waals surface area contributed by atoms with Crippen LogP contribution in [-0.4, -0.2) is 0 Å². The van der Waals surface area contributed by atoms with Gasteiger partial charge in [0.25, 0.3) is 0 Å². The Balaban J connectivity index is 1.59. The Hall–Kier alpha value is -3.52. The van der Waals surface area contributed by atoms with E-state index in [4.69, 9.17) is 4.42 Å². The van der Waals surface area contributed by atoms with E-state index in [-0.39, 0.29) is 0 Å². The number of fused-ring (bicyclic) bond motifs is 1. The standard InChI is InChI=1S/C24H19NO/c1-2-18(16-23-17-20-8-6-7-11-24(20)26-23)19-12-14-22(15-13-19)25-21-9-4-3-5-10-21/h2-17,25H,1H2/b18-16+. The topological polar surface area (TPSA) is 25.2 Å². The number of nitrogens with one attached hydrogen (secondary N) is 1. The van der Waals surface area contributed by atoms with Crippen molar-refractivity contribution in [3.05, 3.63) is 109 Å². The molecule has 3 aromatic carbocycles. The summed E-state index contributed by atoms with van der Waals surface area (Å²) in [4.78, 5) is 0. The molecular weight excluding hydrogens is 318 g/mol. The molecule has 4 rings (SSSR count). The Bertz CT molecular complexity index is 1020. The number of para-hydroxylation sites is 2. The zero-order valence-corrected chi connectivity index (χ0v) is 14.4. The first-order chi connectivity index (χ1) is 12.8. The van der Waals surface area contributed by atoms with Gasteiger partial charge in [-0.25, -0.2) is 0 Å². The predicted octanol–water partition coefficient (Wildman–Crippen LogP) is 6.90. The SMILES string of the molecule is C=C/C(=C\c1cc2ccccc2o1)c1ccc(Nc2ccccc2)cc1. The summed E-state index contributed by atoms with van der Waals surface area (Å²) in [5.74, 6) is 0.826. The fourth-order valence-corrected chi connectivity index (χ4v) is 2.92. The molecule has 0 spiro atoms. The predicted molar refractivity (Wildman–Crippen MR) is 110 cm³/mol. The number of benzene rings is 3. The third kappa shape index (κ3) is 3.45. The van der Waals surface area contributed by atoms with Gasteiger partial charge in [-0.15, -0.1) is 0 Å². The summed E-state index contributed by atoms with van der Waals surface area (Å²) >= 11 is 0. The van der Waals surface area contributed by atoms with E-state index < -0.39 is 0 Å². The molecule has 0 saturated carbocycles. The molecule has 126 valence electrons. The number of furan rings is 1. The molecule has 0 radical (unpaired) electrons. The van der Waals surface area contributed by atoms with Crippen LogP contribution in [0, 0.1) is 0 Å². The van der Waals surface area contributed by atoms with Crippen LogP contribution in [0.3, 0.4) is 0 Å². The van der Waals surface area contributed by atoms with Gasteiger partial charge in [-0.2, -0.15) is 0 Å². The first-order valence-electron chi connectivity index (χ1n) is 8.57. The second-order valence-corrected chi connectivity index (χ2v) is 6.06. The van der Waals surface area contributed by atoms with Crippen molar-refractivity contribution >= 4 is 34.0 Å². The average molecular weight is 337 g/mol. The number of hydrogen-bond acceptors (Lipinski definition) is 2. The molecule has 0 saturated heterocycles. The maximum absolute atomic E-state index is 5.89. The van der Waals surface area contributed by atoms with Crippen molar-refractivity contribution in [1.82, 2.24) is 0 Å². The summed E-state index contributed by atoms with van der Waals surface area (Å²) in [5.41, 5.74) is 5.13. The lowest BCUT2D eigenvalue weighted by molar-refractivity contribution is 0.604. The van der Waals surface area contributed by atoms with E-state index in [0.717, 1.165) is 39.2 Å². The highest BCUT2D eigenvalue weighted by atomic mass is 16.3. The summed E-state index contributed by atoms with van der Waals surface area (Å²) in [5, 5.41) is 4.49. The van der Waals surface area contributed by atoms with Gasteiger partial charge in [0.15, 0.2) is 0 Å². The molecule has 1 heterocycles. The zero-order chi connectivity index (χ0) is 17.8. The molecule has 26 heavy (non-hydrogen) atoms. The van der Waals surface area contributed by atoms with Crippen molar-refractivity contribution in [3.8, 4) is 0 Å². The van der Waals surface area contributed by atoms with Crippen LogP contribution < -0.4 is 5.32 Å². The molecule has 0 amide bonds. The van der Waals surface area contributed by atoms with Gasteiger partial charge < -0.3 is 9.73 Å². The highest BCUT2D eigenvalue weighted by Gasteiger charge is 2.04. The smallest absolute Gasteiger partial charge is 0.134 e. The molecule has 2 nitrogen and oxygen atoms in total. The third-order valence-corrected chi connectivity index (χ3v) is 4.24. The highest BCUT2D eigenvalue weighted by molar-refractivity contribution is 5.89. The molecular formula is C24H19NO. The van der Waals surface area contributed by atoms with E-state index >= 15 is 0 Å². The summed E-state index contributed by atoms with van der Waals surface area (Å²) in [6, 6.07) is 28.5. The summed E-state index contributed by atoms with van der Waals surface area (Å²) < 4.78 is 5.89. The van der Waals surface area contributed by atoms with E-state index in [1.807, 2.05) is 72.8 Å². The van der Waals surface area contributed by atoms with Crippen LogP contribution in [-0.2, 0) is 0 Å². The van der Waals surface area contributed by atoms with Crippen molar-refractivity contribution in [3.63, 3.8) is 0 Å². The molecule has 4 aromatic rings. The van der Waals surface area contributed by atoms with Crippen LogP contribution in [0.2, 0.25) is 0 Å². The van der Waals surface area contributed by atoms with Gasteiger partial charge in [0, 0.05) is 16.8 Å². The summed E-state index contributed by atoms with van der Waals surface area (Å²) in [7, 11) is 0. The molecule has 0 aliphatic rings. The van der Waals surface area contributed by atoms with Crippen molar-refractivity contribution < 1.29 is 4.42 Å². The van der Waals surface area contributed by atoms with Crippen LogP contribution in [0.1, 0.15) is 11.3 Å². The van der Waals surface area contributed by atoms with Crippen LogP contribution in [0.4, 0.5) is 11.4 Å². The average Bonchev–Trinajstić information content (AvgIpc) is 3.10. The highest BCUT2D eigenvalue weighted by Crippen LogP contribution is 2.26. The maximum atomic E-state index is 5.89. The lowest BCUT2D eigenvalue weighted by Gasteiger charge is -2.08. The first-order valence-corrected chi connectivity index (χ1v) is 8.57. The Morgan fingerprint density at radius 1 is 0.808 bits per heavy atom. The molecule has 0 aliphatic heterocycles. The molecule has 1 N–H and O–H groups in total. The van der Waals surface area contributed by atoms with Gasteiger partial charge in [-0.05, 0) is 53.6 Å². The lowest BCUT2D eigenvalue weighted by atomic mass is 10.0. The van der Waals surface area contributed by atoms with Crippen molar-refractivity contribution in [2.45, 2.75) is 0 Å². The monoisotopic (exact) mass is 337 g/mol. The second-order valence-electron chi connectivity index (χ2n) is 6.06. The quantitative estimate of drug-likeness (QED) is 0.401. The second kappa shape index (κ2) is 7.16. The molecule has 0 fully saturated rings. The molecule has 0 unspecified atom stereocenters. The van der Waals surface area contributed by atoms with Gasteiger partial charge in [0.05, 0.1) is 0 Å². The van der Waals surface area contributed by atoms with Gasteiger partial charge in [0.1, 0.15) is 11.3 Å². The van der Waals surface area contributed by atoms with E-state index in [9.17, 15) is 0 Å². The maximum Gasteiger partial charge on any atom is 0.134 e. The summed E-state index contributed by atoms with van der Waals surface area (Å²) in [6.45, 7) is 3.95. The van der Waals surface area contributed by atoms with E-state index in [2.05, 4.69) is 36.2 Å². The summed E-state index contributed by atoms with van der Waals surface area (Å²) in [6.07, 6.45) is 3.87. The molecule has 0 aliphatic carbocycles. The zero-order valence-electron chi connectivity index (χ0n) is 14.4. The fraction of sp³-hybridized carbons (Fsp3) is 0. The van der Waals surface area contributed by atoms with Gasteiger partial charge >= 0.3 is 0 Å². The number of hydrogen-bond donors (Lipinski definition) is 1. The van der Waals surface area contributed by atoms with E-state index in [1.165, 1.54) is 0 Å². The van der Waals surface area contributed by atoms with Crippen LogP contribution >= 0.6 is 0 Å². The van der Waals surface area contributed by atoms with E-state index in [0.29, 0.717) is 0 Å². The van der Waals surface area contributed by atoms with E-state index in [1.54, 1.807) is 0 Å². The molecule has 2 heteroatoms.